The van der Waals surface area contributed by atoms with Gasteiger partial charge in [0, 0.05) is 0 Å². The van der Waals surface area contributed by atoms with Gasteiger partial charge in [0.1, 0.15) is 6.07 Å². The monoisotopic (exact) mass is 318 g/mol. The summed E-state index contributed by atoms with van der Waals surface area (Å²) in [6.45, 7) is 6.32. The molecule has 3 nitrogen and oxygen atoms in total. The number of alkyl halides is 3. The lowest BCUT2D eigenvalue weighted by atomic mass is 9.91. The molecule has 0 heterocycles. The minimum atomic E-state index is -4.90. The molecule has 116 valence electrons. The molecule has 0 saturated heterocycles. The maximum absolute atomic E-state index is 13.5. The van der Waals surface area contributed by atoms with E-state index in [1.807, 2.05) is 4.72 Å². The second kappa shape index (κ2) is 5.78. The van der Waals surface area contributed by atoms with Crippen molar-refractivity contribution in [2.45, 2.75) is 44.2 Å². The van der Waals surface area contributed by atoms with Gasteiger partial charge in [0.05, 0.1) is 15.7 Å². The quantitative estimate of drug-likeness (QED) is 0.929. The Hall–Kier alpha value is -1.39. The summed E-state index contributed by atoms with van der Waals surface area (Å²) in [5, 5.41) is 9.18. The van der Waals surface area contributed by atoms with Crippen LogP contribution in [0.3, 0.4) is 0 Å². The topological polar surface area (TPSA) is 52.9 Å². The normalized spacial score (nSPS) is 16.9. The molecule has 0 amide bonds. The fraction of sp³-hybridized carbons (Fsp3) is 0.500. The van der Waals surface area contributed by atoms with E-state index in [1.165, 1.54) is 51.1 Å². The van der Waals surface area contributed by atoms with Gasteiger partial charge >= 0.3 is 6.18 Å². The third-order valence-electron chi connectivity index (χ3n) is 2.88. The van der Waals surface area contributed by atoms with E-state index in [2.05, 4.69) is 0 Å². The predicted molar refractivity (Wildman–Crippen MR) is 75.6 cm³/mol. The lowest BCUT2D eigenvalue weighted by molar-refractivity contribution is -0.176. The molecule has 0 aliphatic carbocycles. The van der Waals surface area contributed by atoms with Gasteiger partial charge in [-0.15, -0.1) is 0 Å². The molecule has 1 rings (SSSR count). The summed E-state index contributed by atoms with van der Waals surface area (Å²) < 4.78 is 53.6. The average molecular weight is 318 g/mol. The fourth-order valence-corrected chi connectivity index (χ4v) is 2.39. The molecule has 0 bridgehead atoms. The second-order valence-electron chi connectivity index (χ2n) is 5.71. The van der Waals surface area contributed by atoms with Crippen molar-refractivity contribution < 1.29 is 17.4 Å². The van der Waals surface area contributed by atoms with Crippen LogP contribution in [0.2, 0.25) is 0 Å². The molecule has 0 aromatic heterocycles. The predicted octanol–water partition coefficient (Wildman–Crippen LogP) is 3.33. The molecular weight excluding hydrogens is 301 g/mol. The van der Waals surface area contributed by atoms with Crippen LogP contribution in [0.5, 0.6) is 0 Å². The van der Waals surface area contributed by atoms with Crippen LogP contribution in [-0.2, 0) is 16.5 Å². The van der Waals surface area contributed by atoms with Crippen molar-refractivity contribution in [3.63, 3.8) is 0 Å². The van der Waals surface area contributed by atoms with Crippen molar-refractivity contribution in [1.82, 2.24) is 4.72 Å². The Bertz CT molecular complexity index is 570. The van der Waals surface area contributed by atoms with Gasteiger partial charge in [-0.3, -0.25) is 0 Å². The Morgan fingerprint density at radius 2 is 1.62 bits per heavy atom. The van der Waals surface area contributed by atoms with Crippen molar-refractivity contribution in [3.8, 4) is 6.07 Å². The molecule has 0 fully saturated rings. The van der Waals surface area contributed by atoms with Crippen molar-refractivity contribution >= 4 is 11.0 Å². The first-order valence-corrected chi connectivity index (χ1v) is 7.34. The van der Waals surface area contributed by atoms with Crippen molar-refractivity contribution in [2.75, 3.05) is 0 Å². The number of aryl methyl sites for hydroxylation is 1. The second-order valence-corrected chi connectivity index (χ2v) is 7.68. The van der Waals surface area contributed by atoms with Crippen LogP contribution >= 0.6 is 0 Å². The zero-order valence-electron chi connectivity index (χ0n) is 12.2. The Kier molecular flexibility index (Phi) is 4.86. The largest absolute Gasteiger partial charge is 0.425 e. The first kappa shape index (κ1) is 17.7. The van der Waals surface area contributed by atoms with E-state index >= 15 is 0 Å². The van der Waals surface area contributed by atoms with Gasteiger partial charge in [-0.1, -0.05) is 29.8 Å². The summed E-state index contributed by atoms with van der Waals surface area (Å²) in [6.07, 6.45) is -4.90. The third-order valence-corrected chi connectivity index (χ3v) is 4.48. The number of hydrogen-bond donors (Lipinski definition) is 1. The van der Waals surface area contributed by atoms with E-state index in [0.717, 1.165) is 5.56 Å². The highest BCUT2D eigenvalue weighted by Gasteiger charge is 2.58. The smallest absolute Gasteiger partial charge is 0.242 e. The SMILES string of the molecule is Cc1ccc([C@@](C#N)(N[S@](=O)C(C)(C)C)C(F)(F)F)cc1. The van der Waals surface area contributed by atoms with E-state index < -0.39 is 27.4 Å². The number of nitrogens with one attached hydrogen (secondary N) is 1. The molecule has 1 aromatic rings. The Morgan fingerprint density at radius 3 is 1.95 bits per heavy atom. The highest BCUT2D eigenvalue weighted by atomic mass is 32.2. The van der Waals surface area contributed by atoms with Crippen LogP contribution < -0.4 is 4.72 Å². The van der Waals surface area contributed by atoms with Crippen LogP contribution in [0.25, 0.3) is 0 Å². The summed E-state index contributed by atoms with van der Waals surface area (Å²) in [5.41, 5.74) is -2.51. The van der Waals surface area contributed by atoms with Crippen molar-refractivity contribution in [2.24, 2.45) is 0 Å². The summed E-state index contributed by atoms with van der Waals surface area (Å²) in [4.78, 5) is 0. The molecule has 0 aliphatic rings. The van der Waals surface area contributed by atoms with E-state index in [4.69, 9.17) is 0 Å². The van der Waals surface area contributed by atoms with E-state index in [0.29, 0.717) is 0 Å². The van der Waals surface area contributed by atoms with Crippen LogP contribution in [-0.4, -0.2) is 15.1 Å². The Balaban J connectivity index is 3.41. The summed E-state index contributed by atoms with van der Waals surface area (Å²) >= 11 is 0. The molecule has 0 saturated carbocycles. The van der Waals surface area contributed by atoms with Gasteiger partial charge in [0.25, 0.3) is 0 Å². The number of halogens is 3. The first-order chi connectivity index (χ1) is 9.44. The highest BCUT2D eigenvalue weighted by molar-refractivity contribution is 7.84. The molecule has 2 atom stereocenters. The Labute approximate surface area is 124 Å². The zero-order valence-corrected chi connectivity index (χ0v) is 13.0. The van der Waals surface area contributed by atoms with E-state index in [9.17, 15) is 22.6 Å². The summed E-state index contributed by atoms with van der Waals surface area (Å²) in [6, 6.07) is 6.67. The van der Waals surface area contributed by atoms with Gasteiger partial charge in [-0.05, 0) is 33.3 Å². The number of nitriles is 1. The van der Waals surface area contributed by atoms with Crippen LogP contribution in [0.4, 0.5) is 13.2 Å². The molecular formula is C14H17F3N2OS. The molecule has 7 heteroatoms. The molecule has 0 unspecified atom stereocenters. The van der Waals surface area contributed by atoms with Crippen LogP contribution in [0.1, 0.15) is 31.9 Å². The first-order valence-electron chi connectivity index (χ1n) is 6.19. The van der Waals surface area contributed by atoms with Gasteiger partial charge in [-0.25, -0.2) is 8.93 Å². The van der Waals surface area contributed by atoms with Gasteiger partial charge in [0.15, 0.2) is 0 Å². The fourth-order valence-electron chi connectivity index (χ4n) is 1.53. The summed E-state index contributed by atoms with van der Waals surface area (Å²) in [7, 11) is -2.05. The molecule has 0 spiro atoms. The third kappa shape index (κ3) is 3.63. The lowest BCUT2D eigenvalue weighted by Gasteiger charge is -2.32. The summed E-state index contributed by atoms with van der Waals surface area (Å²) in [5.74, 6) is 0. The minimum absolute atomic E-state index is 0.277. The van der Waals surface area contributed by atoms with Gasteiger partial charge in [-0.2, -0.15) is 18.4 Å². The molecule has 21 heavy (non-hydrogen) atoms. The number of benzene rings is 1. The van der Waals surface area contributed by atoms with Crippen molar-refractivity contribution in [1.29, 1.82) is 5.26 Å². The van der Waals surface area contributed by atoms with E-state index in [-0.39, 0.29) is 5.56 Å². The zero-order chi connectivity index (χ0) is 16.5. The highest BCUT2D eigenvalue weighted by Crippen LogP contribution is 2.39. The Morgan fingerprint density at radius 1 is 1.14 bits per heavy atom. The average Bonchev–Trinajstić information content (AvgIpc) is 2.34. The molecule has 0 radical (unpaired) electrons. The van der Waals surface area contributed by atoms with E-state index in [1.54, 1.807) is 6.92 Å². The van der Waals surface area contributed by atoms with Gasteiger partial charge in [0.2, 0.25) is 5.54 Å². The maximum atomic E-state index is 13.5. The number of rotatable bonds is 3. The minimum Gasteiger partial charge on any atom is -0.242 e. The van der Waals surface area contributed by atoms with Crippen molar-refractivity contribution in [3.05, 3.63) is 35.4 Å². The standard InChI is InChI=1S/C14H17F3N2OS/c1-10-5-7-11(8-6-10)13(9-18,14(15,16)17)19-21(20)12(2,3)4/h5-8,19H,1-4H3/t13-,21-/m1/s1. The lowest BCUT2D eigenvalue weighted by Crippen LogP contribution is -2.56. The molecule has 1 N–H and O–H groups in total. The molecule has 1 aromatic carbocycles. The van der Waals surface area contributed by atoms with Gasteiger partial charge < -0.3 is 0 Å². The maximum Gasteiger partial charge on any atom is 0.425 e. The van der Waals surface area contributed by atoms with Crippen LogP contribution in [0.15, 0.2) is 24.3 Å². The molecule has 0 aliphatic heterocycles. The number of nitrogens with zero attached hydrogens (tertiary/aromatic N) is 1. The van der Waals surface area contributed by atoms with Crippen LogP contribution in [0, 0.1) is 18.3 Å². The number of hydrogen-bond acceptors (Lipinski definition) is 2.